The van der Waals surface area contributed by atoms with Gasteiger partial charge in [0, 0.05) is 19.7 Å². The fraction of sp³-hybridized carbons (Fsp3) is 0.333. The zero-order chi connectivity index (χ0) is 18.6. The smallest absolute Gasteiger partial charge is 0.339 e. The highest BCUT2D eigenvalue weighted by Crippen LogP contribution is 2.24. The number of carbonyl (C=O) groups excluding carboxylic acids is 2. The van der Waals surface area contributed by atoms with E-state index in [1.807, 2.05) is 30.3 Å². The molecule has 0 spiro atoms. The van der Waals surface area contributed by atoms with E-state index in [-0.39, 0.29) is 11.3 Å². The number of ether oxygens (including phenoxy) is 1. The molecule has 1 unspecified atom stereocenters. The Morgan fingerprint density at radius 1 is 0.920 bits per heavy atom. The Morgan fingerprint density at radius 3 is 1.96 bits per heavy atom. The van der Waals surface area contributed by atoms with Crippen molar-refractivity contribution in [1.29, 1.82) is 0 Å². The highest BCUT2D eigenvalue weighted by Gasteiger charge is 2.27. The lowest BCUT2D eigenvalue weighted by Gasteiger charge is -2.22. The minimum atomic E-state index is -0.953. The van der Waals surface area contributed by atoms with Gasteiger partial charge < -0.3 is 9.64 Å². The van der Waals surface area contributed by atoms with Crippen molar-refractivity contribution in [3.63, 3.8) is 0 Å². The summed E-state index contributed by atoms with van der Waals surface area (Å²) >= 11 is 0. The van der Waals surface area contributed by atoms with Crippen molar-refractivity contribution in [2.24, 2.45) is 0 Å². The molecule has 0 saturated carbocycles. The van der Waals surface area contributed by atoms with Crippen LogP contribution in [0, 0.1) is 0 Å². The Kier molecular flexibility index (Phi) is 5.62. The third-order valence-corrected chi connectivity index (χ3v) is 3.98. The molecule has 4 nitrogen and oxygen atoms in total. The van der Waals surface area contributed by atoms with Gasteiger partial charge in [0.2, 0.25) is 6.10 Å². The predicted molar refractivity (Wildman–Crippen MR) is 98.4 cm³/mol. The summed E-state index contributed by atoms with van der Waals surface area (Å²) in [4.78, 5) is 26.4. The molecule has 0 saturated heterocycles. The van der Waals surface area contributed by atoms with Gasteiger partial charge in [-0.1, -0.05) is 63.2 Å². The summed E-state index contributed by atoms with van der Waals surface area (Å²) in [6, 6.07) is 16.4. The summed E-state index contributed by atoms with van der Waals surface area (Å²) in [5.74, 6) is -0.782. The Labute approximate surface area is 149 Å². The van der Waals surface area contributed by atoms with Crippen molar-refractivity contribution in [3.8, 4) is 0 Å². The summed E-state index contributed by atoms with van der Waals surface area (Å²) in [5, 5.41) is 0. The lowest BCUT2D eigenvalue weighted by Crippen LogP contribution is -2.31. The van der Waals surface area contributed by atoms with E-state index in [0.717, 1.165) is 5.56 Å². The summed E-state index contributed by atoms with van der Waals surface area (Å²) in [6.45, 7) is 6.34. The van der Waals surface area contributed by atoms with Crippen LogP contribution in [-0.2, 0) is 14.9 Å². The number of hydrogen-bond donors (Lipinski definition) is 0. The average Bonchev–Trinajstić information content (AvgIpc) is 2.59. The Morgan fingerprint density at radius 2 is 1.48 bits per heavy atom. The molecule has 132 valence electrons. The van der Waals surface area contributed by atoms with E-state index >= 15 is 0 Å². The van der Waals surface area contributed by atoms with E-state index in [2.05, 4.69) is 20.8 Å². The molecule has 0 heterocycles. The van der Waals surface area contributed by atoms with Crippen molar-refractivity contribution in [2.75, 3.05) is 14.1 Å². The maximum atomic E-state index is 12.5. The number of nitrogens with zero attached hydrogens (tertiary/aromatic N) is 1. The molecule has 0 fully saturated rings. The number of carbonyl (C=O) groups is 2. The van der Waals surface area contributed by atoms with E-state index in [9.17, 15) is 9.59 Å². The number of rotatable bonds is 4. The highest BCUT2D eigenvalue weighted by atomic mass is 16.5. The molecule has 0 aliphatic heterocycles. The summed E-state index contributed by atoms with van der Waals surface area (Å²) < 4.78 is 5.54. The number of likely N-dealkylation sites (N-methyl/N-ethyl adjacent to an activating group) is 1. The molecule has 2 rings (SSSR count). The second-order valence-electron chi connectivity index (χ2n) is 7.26. The van der Waals surface area contributed by atoms with Gasteiger partial charge in [0.1, 0.15) is 0 Å². The van der Waals surface area contributed by atoms with Crippen LogP contribution in [0.3, 0.4) is 0 Å². The van der Waals surface area contributed by atoms with Crippen LogP contribution < -0.4 is 0 Å². The zero-order valence-electron chi connectivity index (χ0n) is 15.4. The van der Waals surface area contributed by atoms with Gasteiger partial charge in [0.15, 0.2) is 0 Å². The minimum absolute atomic E-state index is 0.00982. The molecule has 0 aliphatic rings. The summed E-state index contributed by atoms with van der Waals surface area (Å²) in [7, 11) is 3.29. The van der Waals surface area contributed by atoms with Gasteiger partial charge in [-0.15, -0.1) is 0 Å². The molecule has 0 aromatic heterocycles. The molecule has 2 aromatic carbocycles. The zero-order valence-corrected chi connectivity index (χ0v) is 15.4. The molecule has 0 bridgehead atoms. The van der Waals surface area contributed by atoms with Crippen LogP contribution in [-0.4, -0.2) is 30.9 Å². The minimum Gasteiger partial charge on any atom is -0.444 e. The topological polar surface area (TPSA) is 46.6 Å². The van der Waals surface area contributed by atoms with Crippen molar-refractivity contribution >= 4 is 11.9 Å². The van der Waals surface area contributed by atoms with E-state index in [0.29, 0.717) is 11.1 Å². The fourth-order valence-corrected chi connectivity index (χ4v) is 2.40. The standard InChI is InChI=1S/C21H25NO3/c1-21(2,3)17-13-11-16(12-14-17)20(24)25-18(19(23)22(4)5)15-9-7-6-8-10-15/h6-14,18H,1-5H3. The Bertz CT molecular complexity index is 728. The first-order valence-electron chi connectivity index (χ1n) is 8.28. The first kappa shape index (κ1) is 18.7. The first-order valence-corrected chi connectivity index (χ1v) is 8.28. The van der Waals surface area contributed by atoms with Crippen LogP contribution in [0.4, 0.5) is 0 Å². The largest absolute Gasteiger partial charge is 0.444 e. The number of esters is 1. The van der Waals surface area contributed by atoms with Crippen LogP contribution in [0.2, 0.25) is 0 Å². The molecule has 25 heavy (non-hydrogen) atoms. The van der Waals surface area contributed by atoms with Crippen LogP contribution in [0.15, 0.2) is 54.6 Å². The van der Waals surface area contributed by atoms with Gasteiger partial charge in [0.05, 0.1) is 5.56 Å². The van der Waals surface area contributed by atoms with Gasteiger partial charge >= 0.3 is 5.97 Å². The number of amides is 1. The molecule has 1 atom stereocenters. The molecule has 2 aromatic rings. The van der Waals surface area contributed by atoms with Crippen molar-refractivity contribution in [3.05, 3.63) is 71.3 Å². The lowest BCUT2D eigenvalue weighted by molar-refractivity contribution is -0.138. The molecule has 1 amide bonds. The third-order valence-electron chi connectivity index (χ3n) is 3.98. The first-order chi connectivity index (χ1) is 11.7. The summed E-state index contributed by atoms with van der Waals surface area (Å²) in [6.07, 6.45) is -0.953. The monoisotopic (exact) mass is 339 g/mol. The lowest BCUT2D eigenvalue weighted by atomic mass is 9.87. The second-order valence-corrected chi connectivity index (χ2v) is 7.26. The Balaban J connectivity index is 2.24. The van der Waals surface area contributed by atoms with Gasteiger partial charge in [0.25, 0.3) is 5.91 Å². The SMILES string of the molecule is CN(C)C(=O)C(OC(=O)c1ccc(C(C)(C)C)cc1)c1ccccc1. The van der Waals surface area contributed by atoms with Gasteiger partial charge in [-0.2, -0.15) is 0 Å². The van der Waals surface area contributed by atoms with Gasteiger partial charge in [-0.05, 0) is 23.1 Å². The normalized spacial score (nSPS) is 12.4. The molecule has 0 radical (unpaired) electrons. The van der Waals surface area contributed by atoms with Crippen LogP contribution >= 0.6 is 0 Å². The van der Waals surface area contributed by atoms with Crippen molar-refractivity contribution in [2.45, 2.75) is 32.3 Å². The average molecular weight is 339 g/mol. The van der Waals surface area contributed by atoms with E-state index in [1.54, 1.807) is 38.4 Å². The second kappa shape index (κ2) is 7.51. The highest BCUT2D eigenvalue weighted by molar-refractivity contribution is 5.92. The maximum absolute atomic E-state index is 12.5. The molecular formula is C21H25NO3. The predicted octanol–water partition coefficient (Wildman–Crippen LogP) is 3.97. The molecule has 0 N–H and O–H groups in total. The summed E-state index contributed by atoms with van der Waals surface area (Å²) in [5.41, 5.74) is 2.23. The number of hydrogen-bond acceptors (Lipinski definition) is 3. The third kappa shape index (κ3) is 4.69. The van der Waals surface area contributed by atoms with Crippen LogP contribution in [0.25, 0.3) is 0 Å². The number of benzene rings is 2. The molecule has 4 heteroatoms. The van der Waals surface area contributed by atoms with E-state index in [1.165, 1.54) is 4.90 Å². The van der Waals surface area contributed by atoms with E-state index < -0.39 is 12.1 Å². The molecular weight excluding hydrogens is 314 g/mol. The fourth-order valence-electron chi connectivity index (χ4n) is 2.40. The van der Waals surface area contributed by atoms with Crippen LogP contribution in [0.5, 0.6) is 0 Å². The molecule has 0 aliphatic carbocycles. The maximum Gasteiger partial charge on any atom is 0.339 e. The van der Waals surface area contributed by atoms with Gasteiger partial charge in [-0.25, -0.2) is 4.79 Å². The Hall–Kier alpha value is -2.62. The quantitative estimate of drug-likeness (QED) is 0.792. The van der Waals surface area contributed by atoms with Crippen molar-refractivity contribution < 1.29 is 14.3 Å². The van der Waals surface area contributed by atoms with E-state index in [4.69, 9.17) is 4.74 Å². The van der Waals surface area contributed by atoms with Gasteiger partial charge in [-0.3, -0.25) is 4.79 Å². The van der Waals surface area contributed by atoms with Crippen LogP contribution in [0.1, 0.15) is 48.4 Å². The van der Waals surface area contributed by atoms with Crippen molar-refractivity contribution in [1.82, 2.24) is 4.90 Å².